The van der Waals surface area contributed by atoms with E-state index in [0.29, 0.717) is 40.0 Å². The van der Waals surface area contributed by atoms with E-state index in [0.717, 1.165) is 11.3 Å². The average molecular weight is 450 g/mol. The number of aromatic nitrogens is 5. The molecule has 0 aliphatic carbocycles. The molecule has 0 saturated heterocycles. The average Bonchev–Trinajstić information content (AvgIpc) is 3.48. The van der Waals surface area contributed by atoms with Crippen molar-refractivity contribution in [2.75, 3.05) is 19.7 Å². The molecule has 1 N–H and O–H groups in total. The molecule has 0 bridgehead atoms. The number of amides is 1. The zero-order valence-electron chi connectivity index (χ0n) is 17.0. The third-order valence-electron chi connectivity index (χ3n) is 4.77. The Hall–Kier alpha value is -3.86. The van der Waals surface area contributed by atoms with Gasteiger partial charge in [0.25, 0.3) is 0 Å². The number of rotatable bonds is 7. The molecule has 0 saturated carbocycles. The smallest absolute Gasteiger partial charge is 0.231 e. The summed E-state index contributed by atoms with van der Waals surface area (Å²) in [5.74, 6) is 2.16. The predicted molar refractivity (Wildman–Crippen MR) is 116 cm³/mol. The second-order valence-electron chi connectivity index (χ2n) is 6.81. The van der Waals surface area contributed by atoms with Gasteiger partial charge in [0.2, 0.25) is 12.7 Å². The van der Waals surface area contributed by atoms with E-state index >= 15 is 0 Å². The number of benzene rings is 2. The highest BCUT2D eigenvalue weighted by Crippen LogP contribution is 2.32. The van der Waals surface area contributed by atoms with E-state index in [4.69, 9.17) is 14.2 Å². The van der Waals surface area contributed by atoms with Crippen LogP contribution in [0.15, 0.2) is 53.8 Å². The largest absolute Gasteiger partial charge is 0.497 e. The Bertz CT molecular complexity index is 1290. The maximum Gasteiger partial charge on any atom is 0.231 e. The van der Waals surface area contributed by atoms with Crippen LogP contribution in [0.3, 0.4) is 0 Å². The lowest BCUT2D eigenvalue weighted by atomic mass is 10.2. The van der Waals surface area contributed by atoms with E-state index in [1.54, 1.807) is 11.8 Å². The molecule has 162 valence electrons. The number of carbonyl (C=O) groups excluding carboxylic acids is 1. The predicted octanol–water partition coefficient (Wildman–Crippen LogP) is 2.36. The normalized spacial score (nSPS) is 12.2. The van der Waals surface area contributed by atoms with Gasteiger partial charge in [0.05, 0.1) is 18.6 Å². The molecule has 0 spiro atoms. The van der Waals surface area contributed by atoms with Crippen LogP contribution in [0.4, 0.5) is 0 Å². The van der Waals surface area contributed by atoms with Crippen molar-refractivity contribution in [1.29, 1.82) is 0 Å². The molecule has 10 nitrogen and oxygen atoms in total. The van der Waals surface area contributed by atoms with Crippen molar-refractivity contribution >= 4 is 28.8 Å². The van der Waals surface area contributed by atoms with Crippen LogP contribution < -0.4 is 19.5 Å². The van der Waals surface area contributed by atoms with Crippen LogP contribution in [-0.2, 0) is 11.3 Å². The van der Waals surface area contributed by atoms with E-state index in [1.807, 2.05) is 42.5 Å². The van der Waals surface area contributed by atoms with Crippen molar-refractivity contribution in [3.05, 3.63) is 54.4 Å². The minimum absolute atomic E-state index is 0.125. The number of methoxy groups -OCH3 is 1. The minimum Gasteiger partial charge on any atom is -0.497 e. The monoisotopic (exact) mass is 450 g/mol. The molecule has 1 aliphatic rings. The Morgan fingerprint density at radius 3 is 3.00 bits per heavy atom. The van der Waals surface area contributed by atoms with E-state index in [9.17, 15) is 4.79 Å². The number of carbonyl (C=O) groups is 1. The number of thioether (sulfide) groups is 1. The Balaban J connectivity index is 1.25. The molecule has 2 aromatic heterocycles. The van der Waals surface area contributed by atoms with Gasteiger partial charge in [0.1, 0.15) is 17.1 Å². The van der Waals surface area contributed by atoms with Crippen LogP contribution in [0.2, 0.25) is 0 Å². The van der Waals surface area contributed by atoms with Crippen molar-refractivity contribution in [3.63, 3.8) is 0 Å². The van der Waals surface area contributed by atoms with Gasteiger partial charge in [-0.05, 0) is 29.8 Å². The first-order valence-electron chi connectivity index (χ1n) is 9.70. The molecule has 3 heterocycles. The van der Waals surface area contributed by atoms with Gasteiger partial charge in [-0.25, -0.2) is 9.97 Å². The second-order valence-corrected chi connectivity index (χ2v) is 7.77. The van der Waals surface area contributed by atoms with Gasteiger partial charge in [-0.3, -0.25) is 4.79 Å². The first-order valence-corrected chi connectivity index (χ1v) is 10.7. The lowest BCUT2D eigenvalue weighted by Crippen LogP contribution is -2.24. The first-order chi connectivity index (χ1) is 15.7. The topological polar surface area (TPSA) is 113 Å². The van der Waals surface area contributed by atoms with Gasteiger partial charge < -0.3 is 19.5 Å². The van der Waals surface area contributed by atoms with Crippen molar-refractivity contribution < 1.29 is 19.0 Å². The summed E-state index contributed by atoms with van der Waals surface area (Å²) in [4.78, 5) is 21.0. The maximum absolute atomic E-state index is 12.4. The Morgan fingerprint density at radius 1 is 1.19 bits per heavy atom. The Labute approximate surface area is 186 Å². The Kier molecular flexibility index (Phi) is 5.46. The highest BCUT2D eigenvalue weighted by molar-refractivity contribution is 8.00. The third kappa shape index (κ3) is 4.02. The van der Waals surface area contributed by atoms with Crippen LogP contribution in [-0.4, -0.2) is 50.5 Å². The molecule has 1 amide bonds. The fourth-order valence-electron chi connectivity index (χ4n) is 3.19. The van der Waals surface area contributed by atoms with Gasteiger partial charge in [-0.2, -0.15) is 4.68 Å². The molecule has 32 heavy (non-hydrogen) atoms. The summed E-state index contributed by atoms with van der Waals surface area (Å²) in [6, 6.07) is 13.0. The lowest BCUT2D eigenvalue weighted by molar-refractivity contribution is -0.118. The summed E-state index contributed by atoms with van der Waals surface area (Å²) in [7, 11) is 1.60. The molecule has 0 fully saturated rings. The van der Waals surface area contributed by atoms with Gasteiger partial charge in [-0.15, -0.1) is 5.10 Å². The van der Waals surface area contributed by atoms with E-state index in [1.165, 1.54) is 18.1 Å². The number of nitrogens with one attached hydrogen (secondary N) is 1. The minimum atomic E-state index is -0.125. The summed E-state index contributed by atoms with van der Waals surface area (Å²) in [5, 5.41) is 11.9. The van der Waals surface area contributed by atoms with Crippen LogP contribution in [0.1, 0.15) is 5.56 Å². The van der Waals surface area contributed by atoms with Crippen molar-refractivity contribution in [2.24, 2.45) is 0 Å². The maximum atomic E-state index is 12.4. The van der Waals surface area contributed by atoms with E-state index < -0.39 is 0 Å². The van der Waals surface area contributed by atoms with Gasteiger partial charge >= 0.3 is 0 Å². The van der Waals surface area contributed by atoms with Crippen LogP contribution >= 0.6 is 11.8 Å². The molecule has 0 radical (unpaired) electrons. The van der Waals surface area contributed by atoms with Crippen LogP contribution in [0, 0.1) is 0 Å². The number of ether oxygens (including phenoxy) is 3. The SMILES string of the molecule is COc1cccc(-n2nnc3c(SCC(=O)NCc4ccc5c(c4)OCO5)ncnc32)c1. The van der Waals surface area contributed by atoms with E-state index in [2.05, 4.69) is 25.6 Å². The number of hydrogen-bond donors (Lipinski definition) is 1. The molecular weight excluding hydrogens is 432 g/mol. The van der Waals surface area contributed by atoms with Gasteiger partial charge in [-0.1, -0.05) is 29.1 Å². The van der Waals surface area contributed by atoms with Gasteiger partial charge in [0.15, 0.2) is 22.7 Å². The third-order valence-corrected chi connectivity index (χ3v) is 5.75. The molecule has 5 rings (SSSR count). The van der Waals surface area contributed by atoms with E-state index in [-0.39, 0.29) is 18.5 Å². The van der Waals surface area contributed by atoms with Crippen molar-refractivity contribution in [2.45, 2.75) is 11.6 Å². The highest BCUT2D eigenvalue weighted by Gasteiger charge is 2.16. The number of hydrogen-bond acceptors (Lipinski definition) is 9. The zero-order valence-corrected chi connectivity index (χ0v) is 17.8. The van der Waals surface area contributed by atoms with Crippen LogP contribution in [0.25, 0.3) is 16.9 Å². The second kappa shape index (κ2) is 8.71. The summed E-state index contributed by atoms with van der Waals surface area (Å²) >= 11 is 1.28. The van der Waals surface area contributed by atoms with Gasteiger partial charge in [0, 0.05) is 12.6 Å². The number of nitrogens with zero attached hydrogens (tertiary/aromatic N) is 5. The summed E-state index contributed by atoms with van der Waals surface area (Å²) in [6.07, 6.45) is 1.44. The Morgan fingerprint density at radius 2 is 2.09 bits per heavy atom. The van der Waals surface area contributed by atoms with Crippen molar-refractivity contribution in [3.8, 4) is 22.9 Å². The quantitative estimate of drug-likeness (QED) is 0.335. The molecule has 0 unspecified atom stereocenters. The summed E-state index contributed by atoms with van der Waals surface area (Å²) in [6.45, 7) is 0.610. The standard InChI is InChI=1S/C21H18N6O4S/c1-29-15-4-2-3-14(8-15)27-20-19(25-26-27)21(24-11-23-20)32-10-18(28)22-9-13-5-6-16-17(7-13)31-12-30-16/h2-8,11H,9-10,12H2,1H3,(H,22,28). The molecule has 1 aliphatic heterocycles. The summed E-state index contributed by atoms with van der Waals surface area (Å²) < 4.78 is 17.6. The highest BCUT2D eigenvalue weighted by atomic mass is 32.2. The molecule has 4 aromatic rings. The fraction of sp³-hybridized carbons (Fsp3) is 0.190. The number of fused-ring (bicyclic) bond motifs is 2. The summed E-state index contributed by atoms with van der Waals surface area (Å²) in [5.41, 5.74) is 2.78. The molecule has 0 atom stereocenters. The molecule has 2 aromatic carbocycles. The first kappa shape index (κ1) is 20.1. The zero-order chi connectivity index (χ0) is 21.9. The molecular formula is C21H18N6O4S. The fourth-order valence-corrected chi connectivity index (χ4v) is 3.95. The van der Waals surface area contributed by atoms with Crippen molar-refractivity contribution in [1.82, 2.24) is 30.3 Å². The lowest BCUT2D eigenvalue weighted by Gasteiger charge is -2.06. The molecule has 11 heteroatoms. The van der Waals surface area contributed by atoms with Crippen LogP contribution in [0.5, 0.6) is 17.2 Å².